The van der Waals surface area contributed by atoms with E-state index >= 15 is 0 Å². The second-order valence-corrected chi connectivity index (χ2v) is 4.41. The normalized spacial score (nSPS) is 13.3. The van der Waals surface area contributed by atoms with E-state index in [1.54, 1.807) is 0 Å². The van der Waals surface area contributed by atoms with Gasteiger partial charge in [-0.1, -0.05) is 0 Å². The summed E-state index contributed by atoms with van der Waals surface area (Å²) in [6.07, 6.45) is -7.50. The summed E-state index contributed by atoms with van der Waals surface area (Å²) >= 11 is 0. The van der Waals surface area contributed by atoms with Gasteiger partial charge in [0.15, 0.2) is 11.6 Å². The fourth-order valence-corrected chi connectivity index (χ4v) is 1.72. The molecule has 0 saturated heterocycles. The van der Waals surface area contributed by atoms with Crippen LogP contribution < -0.4 is 20.5 Å². The van der Waals surface area contributed by atoms with E-state index in [0.29, 0.717) is 0 Å². The Morgan fingerprint density at radius 3 is 2.30 bits per heavy atom. The Bertz CT molecular complexity index is 598. The number of carbonyl (C=O) groups excluding carboxylic acids is 2. The van der Waals surface area contributed by atoms with Gasteiger partial charge in [-0.2, -0.15) is 0 Å². The molecule has 0 aromatic heterocycles. The highest BCUT2D eigenvalue weighted by Crippen LogP contribution is 2.33. The van der Waals surface area contributed by atoms with Crippen molar-refractivity contribution in [3.8, 4) is 11.5 Å². The second kappa shape index (κ2) is 7.65. The molecule has 0 saturated carbocycles. The number of amides is 2. The lowest BCUT2D eigenvalue weighted by atomic mass is 9.98. The van der Waals surface area contributed by atoms with Crippen LogP contribution in [0, 0.1) is 5.82 Å². The Balaban J connectivity index is 3.08. The fourth-order valence-electron chi connectivity index (χ4n) is 1.72. The topological polar surface area (TPSA) is 90.7 Å². The maximum Gasteiger partial charge on any atom is 0.410 e. The Hall–Kier alpha value is -2.52. The number of halogens is 4. The van der Waals surface area contributed by atoms with E-state index in [-0.39, 0.29) is 11.3 Å². The lowest BCUT2D eigenvalue weighted by Crippen LogP contribution is -2.38. The zero-order chi connectivity index (χ0) is 17.7. The molecule has 0 spiro atoms. The van der Waals surface area contributed by atoms with Gasteiger partial charge in [0.25, 0.3) is 6.43 Å². The molecule has 1 rings (SSSR count). The van der Waals surface area contributed by atoms with Crippen LogP contribution in [0.3, 0.4) is 0 Å². The van der Waals surface area contributed by atoms with Crippen molar-refractivity contribution in [2.24, 2.45) is 5.73 Å². The average Bonchev–Trinajstić information content (AvgIpc) is 2.47. The van der Waals surface area contributed by atoms with Crippen LogP contribution in [-0.4, -0.2) is 31.8 Å². The van der Waals surface area contributed by atoms with Crippen LogP contribution in [0.15, 0.2) is 12.1 Å². The highest BCUT2D eigenvalue weighted by molar-refractivity contribution is 5.84. The predicted octanol–water partition coefficient (Wildman–Crippen LogP) is 2.07. The first kappa shape index (κ1) is 18.5. The van der Waals surface area contributed by atoms with E-state index in [9.17, 15) is 27.2 Å². The molecule has 10 heteroatoms. The first-order valence-electron chi connectivity index (χ1n) is 6.24. The van der Waals surface area contributed by atoms with Gasteiger partial charge in [0.1, 0.15) is 5.75 Å². The number of nitrogens with one attached hydrogen (secondary N) is 1. The summed E-state index contributed by atoms with van der Waals surface area (Å²) in [5.41, 5.74) is 4.71. The number of nitrogens with two attached hydrogens (primary N) is 1. The van der Waals surface area contributed by atoms with Crippen molar-refractivity contribution in [3.05, 3.63) is 23.5 Å². The second-order valence-electron chi connectivity index (χ2n) is 4.41. The molecule has 0 heterocycles. The van der Waals surface area contributed by atoms with Gasteiger partial charge in [-0.15, -0.1) is 0 Å². The third kappa shape index (κ3) is 4.73. The van der Waals surface area contributed by atoms with E-state index in [4.69, 9.17) is 10.5 Å². The number of hydrogen-bond donors (Lipinski definition) is 2. The lowest BCUT2D eigenvalue weighted by molar-refractivity contribution is -0.126. The van der Waals surface area contributed by atoms with Crippen LogP contribution in [-0.2, 0) is 4.79 Å². The van der Waals surface area contributed by atoms with Gasteiger partial charge in [0.05, 0.1) is 13.0 Å². The molecule has 6 nitrogen and oxygen atoms in total. The maximum atomic E-state index is 13.8. The van der Waals surface area contributed by atoms with Crippen molar-refractivity contribution in [2.45, 2.75) is 25.6 Å². The highest BCUT2D eigenvalue weighted by atomic mass is 19.3. The summed E-state index contributed by atoms with van der Waals surface area (Å²) in [4.78, 5) is 22.4. The molecule has 0 radical (unpaired) electrons. The summed E-state index contributed by atoms with van der Waals surface area (Å²) in [5, 5.41) is 1.46. The fraction of sp³-hybridized carbons (Fsp3) is 0.385. The minimum atomic E-state index is -3.39. The van der Waals surface area contributed by atoms with Crippen LogP contribution in [0.5, 0.6) is 11.5 Å². The number of rotatable bonds is 6. The zero-order valence-corrected chi connectivity index (χ0v) is 12.1. The maximum absolute atomic E-state index is 13.8. The largest absolute Gasteiger partial charge is 0.496 e. The number of ether oxygens (including phenoxy) is 2. The molecular formula is C13H14F4N2O4. The van der Waals surface area contributed by atoms with E-state index < -0.39 is 42.2 Å². The van der Waals surface area contributed by atoms with E-state index in [2.05, 4.69) is 4.74 Å². The average molecular weight is 338 g/mol. The van der Waals surface area contributed by atoms with Gasteiger partial charge < -0.3 is 20.5 Å². The number of hydrogen-bond acceptors (Lipinski definition) is 4. The van der Waals surface area contributed by atoms with Crippen molar-refractivity contribution in [1.82, 2.24) is 5.32 Å². The standard InChI is InChI=1S/C13H14F4N2O4/c1-5(12(20)19-11(17)10(15)16)6-3-7(14)9(23-13(18)21)4-8(6)22-2/h3-5,10-11H,1-2H3,(H2,18,21)(H,19,20). The first-order valence-corrected chi connectivity index (χ1v) is 6.24. The highest BCUT2D eigenvalue weighted by Gasteiger charge is 2.27. The van der Waals surface area contributed by atoms with Crippen LogP contribution in [0.25, 0.3) is 0 Å². The van der Waals surface area contributed by atoms with Crippen LogP contribution in [0.1, 0.15) is 18.4 Å². The van der Waals surface area contributed by atoms with Gasteiger partial charge >= 0.3 is 6.09 Å². The molecule has 0 aliphatic heterocycles. The summed E-state index contributed by atoms with van der Waals surface area (Å²) in [7, 11) is 1.19. The first-order chi connectivity index (χ1) is 10.7. The molecule has 0 aliphatic carbocycles. The molecule has 1 aromatic rings. The van der Waals surface area contributed by atoms with Crippen LogP contribution >= 0.6 is 0 Å². The van der Waals surface area contributed by atoms with Gasteiger partial charge in [-0.25, -0.2) is 22.4 Å². The van der Waals surface area contributed by atoms with Crippen molar-refractivity contribution < 1.29 is 36.6 Å². The predicted molar refractivity (Wildman–Crippen MR) is 70.6 cm³/mol. The number of alkyl halides is 3. The minimum absolute atomic E-state index is 0.0548. The monoisotopic (exact) mass is 338 g/mol. The van der Waals surface area contributed by atoms with Gasteiger partial charge in [0, 0.05) is 11.6 Å². The van der Waals surface area contributed by atoms with Crippen LogP contribution in [0.2, 0.25) is 0 Å². The molecule has 0 aliphatic rings. The Morgan fingerprint density at radius 1 is 1.22 bits per heavy atom. The van der Waals surface area contributed by atoms with Gasteiger partial charge in [-0.3, -0.25) is 4.79 Å². The summed E-state index contributed by atoms with van der Waals surface area (Å²) in [6, 6.07) is 1.76. The number of methoxy groups -OCH3 is 1. The summed E-state index contributed by atoms with van der Waals surface area (Å²) in [5.74, 6) is -3.96. The summed E-state index contributed by atoms with van der Waals surface area (Å²) < 4.78 is 60.2. The third-order valence-electron chi connectivity index (χ3n) is 2.86. The minimum Gasteiger partial charge on any atom is -0.496 e. The molecule has 23 heavy (non-hydrogen) atoms. The summed E-state index contributed by atoms with van der Waals surface area (Å²) in [6.45, 7) is 1.24. The van der Waals surface area contributed by atoms with E-state index in [1.165, 1.54) is 19.4 Å². The Labute approximate surface area is 128 Å². The molecule has 128 valence electrons. The zero-order valence-electron chi connectivity index (χ0n) is 12.1. The van der Waals surface area contributed by atoms with E-state index in [1.807, 2.05) is 0 Å². The molecule has 2 amide bonds. The molecule has 0 fully saturated rings. The number of benzene rings is 1. The molecule has 0 bridgehead atoms. The number of carbonyl (C=O) groups is 2. The molecule has 2 atom stereocenters. The van der Waals surface area contributed by atoms with E-state index in [0.717, 1.165) is 12.1 Å². The molecule has 3 N–H and O–H groups in total. The van der Waals surface area contributed by atoms with Crippen molar-refractivity contribution in [2.75, 3.05) is 7.11 Å². The smallest absolute Gasteiger partial charge is 0.410 e. The Morgan fingerprint density at radius 2 is 1.83 bits per heavy atom. The SMILES string of the molecule is COc1cc(OC(N)=O)c(F)cc1C(C)C(=O)NC(F)C(F)F. The molecular weight excluding hydrogens is 324 g/mol. The molecule has 2 unspecified atom stereocenters. The Kier molecular flexibility index (Phi) is 6.17. The lowest BCUT2D eigenvalue weighted by Gasteiger charge is -2.18. The quantitative estimate of drug-likeness (QED) is 0.614. The van der Waals surface area contributed by atoms with Crippen molar-refractivity contribution >= 4 is 12.0 Å². The van der Waals surface area contributed by atoms with Crippen molar-refractivity contribution in [1.29, 1.82) is 0 Å². The van der Waals surface area contributed by atoms with Crippen molar-refractivity contribution in [3.63, 3.8) is 0 Å². The van der Waals surface area contributed by atoms with Gasteiger partial charge in [0.2, 0.25) is 12.2 Å². The number of primary amides is 1. The molecule has 1 aromatic carbocycles. The third-order valence-corrected chi connectivity index (χ3v) is 2.86. The van der Waals surface area contributed by atoms with Gasteiger partial charge in [-0.05, 0) is 13.0 Å². The van der Waals surface area contributed by atoms with Crippen LogP contribution in [0.4, 0.5) is 22.4 Å².